The molecule has 4 heteroatoms. The highest BCUT2D eigenvalue weighted by molar-refractivity contribution is 5.76. The number of hydrogen-bond acceptors (Lipinski definition) is 3. The molecule has 0 aromatic heterocycles. The molecule has 3 N–H and O–H groups in total. The lowest BCUT2D eigenvalue weighted by Gasteiger charge is -2.19. The Kier molecular flexibility index (Phi) is 34.0. The van der Waals surface area contributed by atoms with Gasteiger partial charge in [0.25, 0.3) is 0 Å². The van der Waals surface area contributed by atoms with Crippen molar-refractivity contribution < 1.29 is 15.0 Å². The van der Waals surface area contributed by atoms with Gasteiger partial charge in [0.2, 0.25) is 5.91 Å². The van der Waals surface area contributed by atoms with Crippen molar-refractivity contribution in [3.05, 3.63) is 36.5 Å². The number of unbranched alkanes of at least 4 members (excludes halogenated alkanes) is 22. The predicted octanol–water partition coefficient (Wildman–Crippen LogP) is 11.1. The number of rotatable bonds is 33. The second-order valence-corrected chi connectivity index (χ2v) is 12.6. The maximum Gasteiger partial charge on any atom is 0.220 e. The molecule has 2 atom stereocenters. The minimum absolute atomic E-state index is 0.0926. The van der Waals surface area contributed by atoms with Crippen LogP contribution in [-0.2, 0) is 4.79 Å². The number of aliphatic hydroxyl groups is 2. The van der Waals surface area contributed by atoms with E-state index in [1.54, 1.807) is 6.08 Å². The molecule has 43 heavy (non-hydrogen) atoms. The molecule has 0 saturated carbocycles. The quantitative estimate of drug-likeness (QED) is 0.0516. The van der Waals surface area contributed by atoms with Crippen molar-refractivity contribution in [2.24, 2.45) is 0 Å². The van der Waals surface area contributed by atoms with Crippen LogP contribution in [0, 0.1) is 0 Å². The zero-order valence-electron chi connectivity index (χ0n) is 28.7. The number of amides is 1. The molecule has 0 aromatic carbocycles. The number of aliphatic hydroxyl groups excluding tert-OH is 2. The van der Waals surface area contributed by atoms with E-state index in [0.717, 1.165) is 44.9 Å². The van der Waals surface area contributed by atoms with E-state index in [4.69, 9.17) is 0 Å². The smallest absolute Gasteiger partial charge is 0.220 e. The van der Waals surface area contributed by atoms with Crippen molar-refractivity contribution in [3.63, 3.8) is 0 Å². The van der Waals surface area contributed by atoms with E-state index in [0.29, 0.717) is 6.42 Å². The SMILES string of the molecule is CCCCCCCCCCCCCCCCCC/C=C/CC/C=C/CC/C=C/C(O)C(CO)NC(=O)CCCCCCC. The van der Waals surface area contributed by atoms with Crippen molar-refractivity contribution in [1.29, 1.82) is 0 Å². The molecule has 0 heterocycles. The molecule has 4 nitrogen and oxygen atoms in total. The van der Waals surface area contributed by atoms with Gasteiger partial charge in [-0.15, -0.1) is 0 Å². The van der Waals surface area contributed by atoms with Gasteiger partial charge >= 0.3 is 0 Å². The minimum Gasteiger partial charge on any atom is -0.394 e. The van der Waals surface area contributed by atoms with E-state index in [9.17, 15) is 15.0 Å². The summed E-state index contributed by atoms with van der Waals surface area (Å²) in [6.07, 6.45) is 45.7. The predicted molar refractivity (Wildman–Crippen MR) is 188 cm³/mol. The third kappa shape index (κ3) is 31.8. The maximum absolute atomic E-state index is 12.1. The topological polar surface area (TPSA) is 69.6 Å². The van der Waals surface area contributed by atoms with Crippen LogP contribution < -0.4 is 5.32 Å². The summed E-state index contributed by atoms with van der Waals surface area (Å²) in [7, 11) is 0. The van der Waals surface area contributed by atoms with E-state index in [2.05, 4.69) is 43.5 Å². The molecule has 0 rings (SSSR count). The highest BCUT2D eigenvalue weighted by atomic mass is 16.3. The fourth-order valence-corrected chi connectivity index (χ4v) is 5.44. The van der Waals surface area contributed by atoms with Crippen LogP contribution in [0.5, 0.6) is 0 Å². The lowest BCUT2D eigenvalue weighted by molar-refractivity contribution is -0.123. The Hall–Kier alpha value is -1.39. The fourth-order valence-electron chi connectivity index (χ4n) is 5.44. The van der Waals surface area contributed by atoms with Gasteiger partial charge in [0.1, 0.15) is 0 Å². The zero-order valence-corrected chi connectivity index (χ0v) is 28.7. The molecule has 252 valence electrons. The summed E-state index contributed by atoms with van der Waals surface area (Å²) in [6.45, 7) is 4.20. The first-order valence-electron chi connectivity index (χ1n) is 18.7. The van der Waals surface area contributed by atoms with E-state index in [1.165, 1.54) is 122 Å². The van der Waals surface area contributed by atoms with E-state index in [1.807, 2.05) is 6.08 Å². The Labute approximate surface area is 268 Å². The van der Waals surface area contributed by atoms with E-state index in [-0.39, 0.29) is 12.5 Å². The first-order valence-corrected chi connectivity index (χ1v) is 18.7. The summed E-state index contributed by atoms with van der Waals surface area (Å²) >= 11 is 0. The maximum atomic E-state index is 12.1. The van der Waals surface area contributed by atoms with Crippen LogP contribution >= 0.6 is 0 Å². The van der Waals surface area contributed by atoms with Gasteiger partial charge in [-0.2, -0.15) is 0 Å². The van der Waals surface area contributed by atoms with Gasteiger partial charge in [-0.05, 0) is 44.9 Å². The third-order valence-electron chi connectivity index (χ3n) is 8.35. The van der Waals surface area contributed by atoms with Gasteiger partial charge in [0.05, 0.1) is 18.8 Å². The molecule has 0 spiro atoms. The molecule has 0 saturated heterocycles. The first-order chi connectivity index (χ1) is 21.2. The summed E-state index contributed by atoms with van der Waals surface area (Å²) in [5, 5.41) is 22.6. The van der Waals surface area contributed by atoms with Gasteiger partial charge in [-0.25, -0.2) is 0 Å². The first kappa shape index (κ1) is 41.6. The number of carbonyl (C=O) groups is 1. The van der Waals surface area contributed by atoms with Crippen LogP contribution in [0.1, 0.15) is 187 Å². The second-order valence-electron chi connectivity index (χ2n) is 12.6. The number of allylic oxidation sites excluding steroid dienone is 5. The number of nitrogens with one attached hydrogen (secondary N) is 1. The molecule has 0 aliphatic rings. The summed E-state index contributed by atoms with van der Waals surface area (Å²) in [5.74, 6) is -0.0926. The molecule has 0 fully saturated rings. The lowest BCUT2D eigenvalue weighted by atomic mass is 10.0. The van der Waals surface area contributed by atoms with Gasteiger partial charge in [-0.1, -0.05) is 172 Å². The highest BCUT2D eigenvalue weighted by Crippen LogP contribution is 2.14. The third-order valence-corrected chi connectivity index (χ3v) is 8.35. The van der Waals surface area contributed by atoms with Crippen LogP contribution in [0.4, 0.5) is 0 Å². The van der Waals surface area contributed by atoms with Crippen molar-refractivity contribution in [1.82, 2.24) is 5.32 Å². The Bertz CT molecular complexity index is 657. The van der Waals surface area contributed by atoms with Crippen LogP contribution in [0.25, 0.3) is 0 Å². The van der Waals surface area contributed by atoms with Crippen molar-refractivity contribution in [2.45, 2.75) is 199 Å². The number of carbonyl (C=O) groups excluding carboxylic acids is 1. The summed E-state index contributed by atoms with van der Waals surface area (Å²) in [5.41, 5.74) is 0. The lowest BCUT2D eigenvalue weighted by Crippen LogP contribution is -2.45. The molecule has 1 amide bonds. The van der Waals surface area contributed by atoms with Gasteiger partial charge in [0.15, 0.2) is 0 Å². The van der Waals surface area contributed by atoms with E-state index >= 15 is 0 Å². The van der Waals surface area contributed by atoms with Crippen molar-refractivity contribution >= 4 is 5.91 Å². The summed E-state index contributed by atoms with van der Waals surface area (Å²) in [6, 6.07) is -0.638. The van der Waals surface area contributed by atoms with Gasteiger partial charge in [0, 0.05) is 6.42 Å². The minimum atomic E-state index is -0.863. The Morgan fingerprint density at radius 2 is 0.907 bits per heavy atom. The van der Waals surface area contributed by atoms with Crippen LogP contribution in [-0.4, -0.2) is 34.9 Å². The molecule has 0 aliphatic heterocycles. The molecular weight excluding hydrogens is 530 g/mol. The van der Waals surface area contributed by atoms with Gasteiger partial charge < -0.3 is 15.5 Å². The molecule has 2 unspecified atom stereocenters. The summed E-state index contributed by atoms with van der Waals surface area (Å²) in [4.78, 5) is 12.1. The van der Waals surface area contributed by atoms with Crippen LogP contribution in [0.15, 0.2) is 36.5 Å². The standard InChI is InChI=1S/C39H73NO3/c1-3-5-7-9-10-11-12-13-14-15-16-17-18-19-20-21-22-23-24-25-26-27-28-29-31-32-34-38(42)37(36-41)40-39(43)35-33-30-8-6-4-2/h23-24,27-28,32,34,37-38,41-42H,3-22,25-26,29-31,33,35-36H2,1-2H3,(H,40,43)/b24-23+,28-27+,34-32+. The van der Waals surface area contributed by atoms with Crippen LogP contribution in [0.2, 0.25) is 0 Å². The molecular formula is C39H73NO3. The monoisotopic (exact) mass is 604 g/mol. The Morgan fingerprint density at radius 1 is 0.535 bits per heavy atom. The summed E-state index contributed by atoms with van der Waals surface area (Å²) < 4.78 is 0. The molecule has 0 aromatic rings. The number of hydrogen-bond donors (Lipinski definition) is 3. The fraction of sp³-hybridized carbons (Fsp3) is 0.821. The van der Waals surface area contributed by atoms with Gasteiger partial charge in [-0.3, -0.25) is 4.79 Å². The molecule has 0 aliphatic carbocycles. The molecule has 0 radical (unpaired) electrons. The zero-order chi connectivity index (χ0) is 31.5. The van der Waals surface area contributed by atoms with E-state index < -0.39 is 12.1 Å². The molecule has 0 bridgehead atoms. The second kappa shape index (κ2) is 35.1. The normalized spacial score (nSPS) is 13.5. The average Bonchev–Trinajstić information content (AvgIpc) is 3.01. The largest absolute Gasteiger partial charge is 0.394 e. The Morgan fingerprint density at radius 3 is 1.35 bits per heavy atom. The van der Waals surface area contributed by atoms with Crippen LogP contribution in [0.3, 0.4) is 0 Å². The highest BCUT2D eigenvalue weighted by Gasteiger charge is 2.17. The van der Waals surface area contributed by atoms with Crippen molar-refractivity contribution in [3.8, 4) is 0 Å². The average molecular weight is 604 g/mol. The van der Waals surface area contributed by atoms with Crippen molar-refractivity contribution in [2.75, 3.05) is 6.61 Å². The Balaban J connectivity index is 3.55.